The number of aromatic nitrogens is 2. The SMILES string of the molecule is CCS(=O)(=O)c1cccnc1C(=O)Cl.CCS(=O)(=O)c1cccnc1C(=O)O. The number of aromatic carboxylic acids is 1. The fourth-order valence-electron chi connectivity index (χ4n) is 1.90. The van der Waals surface area contributed by atoms with E-state index in [1.54, 1.807) is 0 Å². The standard InChI is InChI=1S/C8H8ClNO3S.C8H9NO4S/c1-2-14(12,13)6-4-3-5-10-7(6)8(9)11;1-2-14(12,13)6-4-3-5-9-7(6)8(10)11/h3-5H,2H2,1H3;3-5H,2H2,1H3,(H,10,11). The first-order valence-corrected chi connectivity index (χ1v) is 11.4. The molecule has 0 aliphatic heterocycles. The largest absolute Gasteiger partial charge is 0.476 e. The first-order valence-electron chi connectivity index (χ1n) is 7.76. The third kappa shape index (κ3) is 5.81. The maximum atomic E-state index is 11.5. The Morgan fingerprint density at radius 1 is 0.893 bits per heavy atom. The Bertz CT molecular complexity index is 996. The third-order valence-electron chi connectivity index (χ3n) is 3.36. The molecule has 28 heavy (non-hydrogen) atoms. The van der Waals surface area contributed by atoms with Gasteiger partial charge in [0.2, 0.25) is 0 Å². The van der Waals surface area contributed by atoms with Crippen molar-refractivity contribution in [3.63, 3.8) is 0 Å². The number of sulfone groups is 2. The van der Waals surface area contributed by atoms with Gasteiger partial charge in [0, 0.05) is 12.4 Å². The van der Waals surface area contributed by atoms with Crippen LogP contribution in [0.4, 0.5) is 0 Å². The minimum Gasteiger partial charge on any atom is -0.476 e. The number of carbonyl (C=O) groups is 2. The van der Waals surface area contributed by atoms with Crippen molar-refractivity contribution in [3.05, 3.63) is 48.0 Å². The van der Waals surface area contributed by atoms with E-state index in [1.807, 2.05) is 0 Å². The number of hydrogen-bond donors (Lipinski definition) is 1. The summed E-state index contributed by atoms with van der Waals surface area (Å²) in [5, 5.41) is 7.83. The van der Waals surface area contributed by atoms with Crippen LogP contribution in [0.15, 0.2) is 46.5 Å². The molecular formula is C16H17ClN2O7S2. The topological polar surface area (TPSA) is 148 Å². The Labute approximate surface area is 167 Å². The molecule has 0 unspecified atom stereocenters. The van der Waals surface area contributed by atoms with Crippen LogP contribution in [0.25, 0.3) is 0 Å². The number of carboxylic acid groups (broad SMARTS) is 1. The molecule has 1 N–H and O–H groups in total. The zero-order valence-electron chi connectivity index (χ0n) is 14.9. The number of rotatable bonds is 6. The predicted octanol–water partition coefficient (Wildman–Crippen LogP) is 1.83. The van der Waals surface area contributed by atoms with Crippen LogP contribution in [-0.4, -0.2) is 54.6 Å². The van der Waals surface area contributed by atoms with Crippen molar-refractivity contribution in [1.82, 2.24) is 9.97 Å². The van der Waals surface area contributed by atoms with E-state index in [0.29, 0.717) is 0 Å². The van der Waals surface area contributed by atoms with E-state index in [0.717, 1.165) is 0 Å². The van der Waals surface area contributed by atoms with E-state index < -0.39 is 36.6 Å². The molecule has 2 rings (SSSR count). The lowest BCUT2D eigenvalue weighted by Gasteiger charge is -2.03. The molecule has 0 radical (unpaired) electrons. The van der Waals surface area contributed by atoms with Crippen molar-refractivity contribution in [2.45, 2.75) is 23.6 Å². The van der Waals surface area contributed by atoms with Gasteiger partial charge in [-0.05, 0) is 35.9 Å². The molecule has 2 aromatic heterocycles. The molecule has 0 fully saturated rings. The summed E-state index contributed by atoms with van der Waals surface area (Å²) in [6, 6.07) is 5.41. The molecule has 0 spiro atoms. The number of hydrogen-bond acceptors (Lipinski definition) is 8. The zero-order chi connectivity index (χ0) is 21.5. The molecule has 12 heteroatoms. The van der Waals surface area contributed by atoms with Gasteiger partial charge in [0.25, 0.3) is 5.24 Å². The Hall–Kier alpha value is -2.37. The highest BCUT2D eigenvalue weighted by Crippen LogP contribution is 2.16. The molecule has 2 heterocycles. The van der Waals surface area contributed by atoms with Gasteiger partial charge < -0.3 is 5.11 Å². The van der Waals surface area contributed by atoms with E-state index in [-0.39, 0.29) is 27.0 Å². The molecule has 0 bridgehead atoms. The lowest BCUT2D eigenvalue weighted by molar-refractivity contribution is 0.0685. The molecule has 152 valence electrons. The Morgan fingerprint density at radius 3 is 1.64 bits per heavy atom. The van der Waals surface area contributed by atoms with Crippen molar-refractivity contribution >= 4 is 42.5 Å². The molecule has 9 nitrogen and oxygen atoms in total. The van der Waals surface area contributed by atoms with Crippen LogP contribution in [0.5, 0.6) is 0 Å². The van der Waals surface area contributed by atoms with Gasteiger partial charge in [-0.25, -0.2) is 26.6 Å². The van der Waals surface area contributed by atoms with Gasteiger partial charge in [-0.2, -0.15) is 0 Å². The summed E-state index contributed by atoms with van der Waals surface area (Å²) in [5.41, 5.74) is -0.634. The summed E-state index contributed by atoms with van der Waals surface area (Å²) in [7, 11) is -6.96. The minimum absolute atomic E-state index is 0.0874. The van der Waals surface area contributed by atoms with E-state index in [9.17, 15) is 26.4 Å². The third-order valence-corrected chi connectivity index (χ3v) is 7.06. The summed E-state index contributed by atoms with van der Waals surface area (Å²) in [6.07, 6.45) is 2.57. The van der Waals surface area contributed by atoms with Crippen LogP contribution in [0, 0.1) is 0 Å². The van der Waals surface area contributed by atoms with Crippen molar-refractivity contribution in [1.29, 1.82) is 0 Å². The van der Waals surface area contributed by atoms with E-state index in [1.165, 1.54) is 50.5 Å². The Kier molecular flexibility index (Phi) is 8.21. The molecule has 0 saturated carbocycles. The highest BCUT2D eigenvalue weighted by atomic mass is 35.5. The average Bonchev–Trinajstić information content (AvgIpc) is 2.68. The van der Waals surface area contributed by atoms with Crippen LogP contribution >= 0.6 is 11.6 Å². The van der Waals surface area contributed by atoms with Gasteiger partial charge in [-0.1, -0.05) is 13.8 Å². The quantitative estimate of drug-likeness (QED) is 0.653. The zero-order valence-corrected chi connectivity index (χ0v) is 17.3. The summed E-state index contributed by atoms with van der Waals surface area (Å²) >= 11 is 5.21. The summed E-state index contributed by atoms with van der Waals surface area (Å²) in [4.78, 5) is 28.3. The fraction of sp³-hybridized carbons (Fsp3) is 0.250. The van der Waals surface area contributed by atoms with Gasteiger partial charge >= 0.3 is 5.97 Å². The van der Waals surface area contributed by atoms with Crippen LogP contribution in [0.1, 0.15) is 34.8 Å². The van der Waals surface area contributed by atoms with Crippen molar-refractivity contribution < 1.29 is 31.5 Å². The van der Waals surface area contributed by atoms with Gasteiger partial charge in [-0.15, -0.1) is 0 Å². The molecule has 0 aliphatic rings. The van der Waals surface area contributed by atoms with Crippen LogP contribution in [0.2, 0.25) is 0 Å². The van der Waals surface area contributed by atoms with Crippen LogP contribution < -0.4 is 0 Å². The second-order valence-corrected chi connectivity index (χ2v) is 9.92. The molecule has 2 aromatic rings. The van der Waals surface area contributed by atoms with Gasteiger partial charge in [0.05, 0.1) is 21.3 Å². The molecule has 0 aliphatic carbocycles. The first-order chi connectivity index (χ1) is 13.0. The highest BCUT2D eigenvalue weighted by molar-refractivity contribution is 7.91. The number of pyridine rings is 2. The molecule has 0 atom stereocenters. The summed E-state index contributed by atoms with van der Waals surface area (Å²) in [5.74, 6) is -1.56. The predicted molar refractivity (Wildman–Crippen MR) is 101 cm³/mol. The number of halogens is 1. The molecule has 0 aromatic carbocycles. The fourth-order valence-corrected chi connectivity index (χ4v) is 4.18. The van der Waals surface area contributed by atoms with E-state index in [2.05, 4.69) is 9.97 Å². The second-order valence-electron chi connectivity index (χ2n) is 5.09. The van der Waals surface area contributed by atoms with E-state index in [4.69, 9.17) is 16.7 Å². The van der Waals surface area contributed by atoms with Crippen LogP contribution in [0.3, 0.4) is 0 Å². The van der Waals surface area contributed by atoms with Crippen molar-refractivity contribution in [3.8, 4) is 0 Å². The molecule has 0 amide bonds. The smallest absolute Gasteiger partial charge is 0.355 e. The molecular weight excluding hydrogens is 432 g/mol. The lowest BCUT2D eigenvalue weighted by Crippen LogP contribution is -2.12. The first kappa shape index (κ1) is 23.7. The second kappa shape index (κ2) is 9.71. The summed E-state index contributed by atoms with van der Waals surface area (Å²) < 4.78 is 45.8. The Morgan fingerprint density at radius 2 is 1.29 bits per heavy atom. The normalized spacial score (nSPS) is 11.2. The van der Waals surface area contributed by atoms with Gasteiger partial charge in [0.1, 0.15) is 5.69 Å². The van der Waals surface area contributed by atoms with Gasteiger partial charge in [-0.3, -0.25) is 9.78 Å². The van der Waals surface area contributed by atoms with E-state index >= 15 is 0 Å². The maximum Gasteiger partial charge on any atom is 0.355 e. The maximum absolute atomic E-state index is 11.5. The summed E-state index contributed by atoms with van der Waals surface area (Å²) in [6.45, 7) is 2.94. The van der Waals surface area contributed by atoms with Gasteiger partial charge in [0.15, 0.2) is 25.4 Å². The number of carboxylic acids is 1. The highest BCUT2D eigenvalue weighted by Gasteiger charge is 2.21. The minimum atomic E-state index is -3.52. The molecule has 0 saturated heterocycles. The van der Waals surface area contributed by atoms with Crippen LogP contribution in [-0.2, 0) is 19.7 Å². The van der Waals surface area contributed by atoms with Crippen molar-refractivity contribution in [2.24, 2.45) is 0 Å². The van der Waals surface area contributed by atoms with Crippen molar-refractivity contribution in [2.75, 3.05) is 11.5 Å². The number of nitrogens with zero attached hydrogens (tertiary/aromatic N) is 2. The Balaban J connectivity index is 0.000000280. The number of carbonyl (C=O) groups excluding carboxylic acids is 1. The lowest BCUT2D eigenvalue weighted by atomic mass is 10.3. The average molecular weight is 449 g/mol. The monoisotopic (exact) mass is 448 g/mol.